The molecule has 1 aromatic heterocycles. The number of benzene rings is 2. The monoisotopic (exact) mass is 334 g/mol. The quantitative estimate of drug-likeness (QED) is 0.684. The third-order valence-corrected chi connectivity index (χ3v) is 5.65. The van der Waals surface area contributed by atoms with E-state index < -0.39 is 0 Å². The Kier molecular flexibility index (Phi) is 3.69. The maximum absolute atomic E-state index is 13.1. The van der Waals surface area contributed by atoms with Crippen LogP contribution in [0, 0.1) is 13.8 Å². The van der Waals surface area contributed by atoms with Crippen molar-refractivity contribution >= 4 is 22.9 Å². The molecular formula is C20H18N2OS. The van der Waals surface area contributed by atoms with Gasteiger partial charge < -0.3 is 4.90 Å². The van der Waals surface area contributed by atoms with Crippen molar-refractivity contribution in [2.75, 3.05) is 11.4 Å². The van der Waals surface area contributed by atoms with Crippen LogP contribution in [0.1, 0.15) is 26.5 Å². The summed E-state index contributed by atoms with van der Waals surface area (Å²) >= 11 is 1.49. The van der Waals surface area contributed by atoms with E-state index in [1.165, 1.54) is 16.9 Å². The first-order chi connectivity index (χ1) is 11.6. The number of carbonyl (C=O) groups excluding carboxylic acids is 1. The molecule has 24 heavy (non-hydrogen) atoms. The number of aromatic nitrogens is 1. The van der Waals surface area contributed by atoms with E-state index in [9.17, 15) is 4.79 Å². The number of rotatable bonds is 2. The summed E-state index contributed by atoms with van der Waals surface area (Å²) in [6, 6.07) is 16.3. The normalized spacial score (nSPS) is 13.2. The molecular weight excluding hydrogens is 316 g/mol. The molecule has 0 unspecified atom stereocenters. The Morgan fingerprint density at radius 1 is 1.08 bits per heavy atom. The number of hydrogen-bond acceptors (Lipinski definition) is 3. The number of anilines is 1. The number of thiazole rings is 1. The van der Waals surface area contributed by atoms with Crippen LogP contribution in [-0.4, -0.2) is 17.4 Å². The van der Waals surface area contributed by atoms with Gasteiger partial charge in [0, 0.05) is 12.1 Å². The molecule has 2 aromatic carbocycles. The van der Waals surface area contributed by atoms with Crippen LogP contribution in [0.15, 0.2) is 48.5 Å². The highest BCUT2D eigenvalue weighted by Crippen LogP contribution is 2.35. The second-order valence-electron chi connectivity index (χ2n) is 6.09. The minimum Gasteiger partial charge on any atom is -0.307 e. The van der Waals surface area contributed by atoms with E-state index in [0.717, 1.165) is 45.4 Å². The molecule has 1 amide bonds. The molecule has 1 aliphatic rings. The van der Waals surface area contributed by atoms with Crippen LogP contribution < -0.4 is 4.90 Å². The standard InChI is InChI=1S/C20H18N2OS/c1-13-7-6-10-15-11-12-22(17(13)15)20(23)18-14(2)21-19(24-18)16-8-4-3-5-9-16/h3-10H,11-12H2,1-2H3. The lowest BCUT2D eigenvalue weighted by molar-refractivity contribution is 0.0992. The number of amides is 1. The minimum atomic E-state index is 0.0697. The summed E-state index contributed by atoms with van der Waals surface area (Å²) in [6.45, 7) is 4.74. The molecule has 0 atom stereocenters. The van der Waals surface area contributed by atoms with Gasteiger partial charge in [0.05, 0.1) is 11.4 Å². The van der Waals surface area contributed by atoms with Gasteiger partial charge in [-0.1, -0.05) is 48.5 Å². The topological polar surface area (TPSA) is 33.2 Å². The summed E-state index contributed by atoms with van der Waals surface area (Å²) in [5.41, 5.74) is 5.36. The summed E-state index contributed by atoms with van der Waals surface area (Å²) in [6.07, 6.45) is 0.923. The van der Waals surface area contributed by atoms with Gasteiger partial charge in [0.25, 0.3) is 5.91 Å². The van der Waals surface area contributed by atoms with Crippen molar-refractivity contribution in [3.8, 4) is 10.6 Å². The van der Waals surface area contributed by atoms with Crippen LogP contribution in [0.3, 0.4) is 0 Å². The van der Waals surface area contributed by atoms with Crippen molar-refractivity contribution in [2.45, 2.75) is 20.3 Å². The molecule has 0 N–H and O–H groups in total. The fourth-order valence-corrected chi connectivity index (χ4v) is 4.30. The Morgan fingerprint density at radius 2 is 1.88 bits per heavy atom. The van der Waals surface area contributed by atoms with Gasteiger partial charge in [0.1, 0.15) is 9.88 Å². The lowest BCUT2D eigenvalue weighted by atomic mass is 10.1. The molecule has 1 aliphatic heterocycles. The Labute approximate surface area is 145 Å². The van der Waals surface area contributed by atoms with Gasteiger partial charge in [0.2, 0.25) is 0 Å². The van der Waals surface area contributed by atoms with Crippen LogP contribution in [0.5, 0.6) is 0 Å². The Morgan fingerprint density at radius 3 is 2.67 bits per heavy atom. The SMILES string of the molecule is Cc1cccc2c1N(C(=O)c1sc(-c3ccccc3)nc1C)CC2. The third-order valence-electron chi connectivity index (χ3n) is 4.45. The van der Waals surface area contributed by atoms with Gasteiger partial charge in [-0.15, -0.1) is 11.3 Å². The second-order valence-corrected chi connectivity index (χ2v) is 7.09. The Bertz CT molecular complexity index is 915. The molecule has 4 heteroatoms. The molecule has 0 spiro atoms. The zero-order chi connectivity index (χ0) is 16.7. The molecule has 2 heterocycles. The molecule has 0 aliphatic carbocycles. The van der Waals surface area contributed by atoms with Crippen LogP contribution in [0.2, 0.25) is 0 Å². The average molecular weight is 334 g/mol. The largest absolute Gasteiger partial charge is 0.307 e. The fraction of sp³-hybridized carbons (Fsp3) is 0.200. The van der Waals surface area contributed by atoms with Crippen molar-refractivity contribution in [3.05, 3.63) is 70.2 Å². The predicted octanol–water partition coefficient (Wildman–Crippen LogP) is 4.63. The summed E-state index contributed by atoms with van der Waals surface area (Å²) in [5.74, 6) is 0.0697. The minimum absolute atomic E-state index is 0.0697. The highest BCUT2D eigenvalue weighted by Gasteiger charge is 2.29. The maximum Gasteiger partial charge on any atom is 0.270 e. The van der Waals surface area contributed by atoms with Gasteiger partial charge in [-0.05, 0) is 31.4 Å². The van der Waals surface area contributed by atoms with E-state index in [1.807, 2.05) is 42.2 Å². The van der Waals surface area contributed by atoms with Crippen molar-refractivity contribution in [3.63, 3.8) is 0 Å². The second kappa shape index (κ2) is 5.87. The molecule has 0 fully saturated rings. The Hall–Kier alpha value is -2.46. The van der Waals surface area contributed by atoms with Crippen LogP contribution in [0.4, 0.5) is 5.69 Å². The van der Waals surface area contributed by atoms with E-state index >= 15 is 0 Å². The smallest absolute Gasteiger partial charge is 0.270 e. The zero-order valence-electron chi connectivity index (χ0n) is 13.7. The van der Waals surface area contributed by atoms with Crippen LogP contribution in [-0.2, 0) is 6.42 Å². The zero-order valence-corrected chi connectivity index (χ0v) is 14.6. The Balaban J connectivity index is 1.71. The van der Waals surface area contributed by atoms with Crippen molar-refractivity contribution in [1.82, 2.24) is 4.98 Å². The van der Waals surface area contributed by atoms with Crippen molar-refractivity contribution in [1.29, 1.82) is 0 Å². The highest BCUT2D eigenvalue weighted by molar-refractivity contribution is 7.17. The summed E-state index contributed by atoms with van der Waals surface area (Å²) in [7, 11) is 0. The van der Waals surface area contributed by atoms with Crippen LogP contribution >= 0.6 is 11.3 Å². The van der Waals surface area contributed by atoms with E-state index in [2.05, 4.69) is 30.1 Å². The van der Waals surface area contributed by atoms with Gasteiger partial charge in [-0.2, -0.15) is 0 Å². The number of para-hydroxylation sites is 1. The molecule has 0 bridgehead atoms. The molecule has 0 saturated carbocycles. The first kappa shape index (κ1) is 15.1. The molecule has 4 rings (SSSR count). The average Bonchev–Trinajstić information content (AvgIpc) is 3.20. The summed E-state index contributed by atoms with van der Waals surface area (Å²) in [4.78, 5) is 20.4. The lowest BCUT2D eigenvalue weighted by Gasteiger charge is -2.18. The first-order valence-electron chi connectivity index (χ1n) is 8.08. The number of carbonyl (C=O) groups is 1. The molecule has 3 aromatic rings. The van der Waals surface area contributed by atoms with Gasteiger partial charge in [0.15, 0.2) is 0 Å². The number of nitrogens with zero attached hydrogens (tertiary/aromatic N) is 2. The van der Waals surface area contributed by atoms with E-state index in [4.69, 9.17) is 0 Å². The first-order valence-corrected chi connectivity index (χ1v) is 8.90. The predicted molar refractivity (Wildman–Crippen MR) is 98.8 cm³/mol. The van der Waals surface area contributed by atoms with Gasteiger partial charge >= 0.3 is 0 Å². The highest BCUT2D eigenvalue weighted by atomic mass is 32.1. The maximum atomic E-state index is 13.1. The van der Waals surface area contributed by atoms with Crippen molar-refractivity contribution < 1.29 is 4.79 Å². The summed E-state index contributed by atoms with van der Waals surface area (Å²) < 4.78 is 0. The van der Waals surface area contributed by atoms with Crippen molar-refractivity contribution in [2.24, 2.45) is 0 Å². The summed E-state index contributed by atoms with van der Waals surface area (Å²) in [5, 5.41) is 0.903. The van der Waals surface area contributed by atoms with E-state index in [-0.39, 0.29) is 5.91 Å². The number of fused-ring (bicyclic) bond motifs is 1. The van der Waals surface area contributed by atoms with Crippen LogP contribution in [0.25, 0.3) is 10.6 Å². The van der Waals surface area contributed by atoms with E-state index in [1.54, 1.807) is 0 Å². The number of aryl methyl sites for hydroxylation is 2. The number of hydrogen-bond donors (Lipinski definition) is 0. The van der Waals surface area contributed by atoms with Gasteiger partial charge in [-0.3, -0.25) is 4.79 Å². The van der Waals surface area contributed by atoms with E-state index in [0.29, 0.717) is 0 Å². The molecule has 3 nitrogen and oxygen atoms in total. The lowest BCUT2D eigenvalue weighted by Crippen LogP contribution is -2.29. The third kappa shape index (κ3) is 2.43. The molecule has 0 radical (unpaired) electrons. The fourth-order valence-electron chi connectivity index (χ4n) is 3.28. The van der Waals surface area contributed by atoms with Gasteiger partial charge in [-0.25, -0.2) is 4.98 Å². The molecule has 0 saturated heterocycles. The molecule has 120 valence electrons.